The fourth-order valence-electron chi connectivity index (χ4n) is 4.19. The summed E-state index contributed by atoms with van der Waals surface area (Å²) in [5.74, 6) is 0.893. The van der Waals surface area contributed by atoms with Gasteiger partial charge in [0.1, 0.15) is 0 Å². The molecule has 0 bridgehead atoms. The Hall–Kier alpha value is -0.120. The van der Waals surface area contributed by atoms with Crippen molar-refractivity contribution < 1.29 is 0 Å². The van der Waals surface area contributed by atoms with E-state index in [-0.39, 0.29) is 5.54 Å². The lowest BCUT2D eigenvalue weighted by Gasteiger charge is -2.51. The molecule has 2 aliphatic heterocycles. The minimum absolute atomic E-state index is 0.266. The predicted octanol–water partition coefficient (Wildman–Crippen LogP) is 2.32. The highest BCUT2D eigenvalue weighted by Crippen LogP contribution is 2.34. The van der Waals surface area contributed by atoms with Crippen LogP contribution in [0, 0.1) is 5.92 Å². The Labute approximate surface area is 125 Å². The smallest absolute Gasteiger partial charge is 0.0223 e. The topological polar surface area (TPSA) is 18.5 Å². The molecule has 0 aromatic rings. The van der Waals surface area contributed by atoms with Crippen LogP contribution in [0.4, 0.5) is 0 Å². The molecule has 20 heavy (non-hydrogen) atoms. The molecule has 1 saturated carbocycles. The van der Waals surface area contributed by atoms with Gasteiger partial charge in [-0.1, -0.05) is 6.42 Å². The first-order valence-electron chi connectivity index (χ1n) is 8.76. The molecule has 1 N–H and O–H groups in total. The van der Waals surface area contributed by atoms with E-state index in [1.165, 1.54) is 64.8 Å². The molecule has 0 aromatic heterocycles. The van der Waals surface area contributed by atoms with Crippen molar-refractivity contribution >= 4 is 0 Å². The van der Waals surface area contributed by atoms with Gasteiger partial charge in [0, 0.05) is 37.3 Å². The maximum atomic E-state index is 3.71. The van der Waals surface area contributed by atoms with E-state index in [4.69, 9.17) is 0 Å². The van der Waals surface area contributed by atoms with Gasteiger partial charge in [0.2, 0.25) is 0 Å². The highest BCUT2D eigenvalue weighted by molar-refractivity contribution is 4.95. The largest absolute Gasteiger partial charge is 0.312 e. The Morgan fingerprint density at radius 2 is 1.75 bits per heavy atom. The molecule has 3 nitrogen and oxygen atoms in total. The summed E-state index contributed by atoms with van der Waals surface area (Å²) in [4.78, 5) is 5.58. The van der Waals surface area contributed by atoms with Gasteiger partial charge in [-0.3, -0.25) is 9.80 Å². The van der Waals surface area contributed by atoms with Crippen LogP contribution in [-0.2, 0) is 0 Å². The second-order valence-electron chi connectivity index (χ2n) is 8.22. The van der Waals surface area contributed by atoms with Crippen molar-refractivity contribution in [2.45, 2.75) is 70.5 Å². The summed E-state index contributed by atoms with van der Waals surface area (Å²) < 4.78 is 0. The van der Waals surface area contributed by atoms with Crippen LogP contribution in [-0.4, -0.2) is 60.1 Å². The Kier molecular flexibility index (Phi) is 4.40. The molecular formula is C17H33N3. The van der Waals surface area contributed by atoms with Crippen LogP contribution < -0.4 is 5.32 Å². The molecule has 116 valence electrons. The van der Waals surface area contributed by atoms with Crippen LogP contribution in [0.2, 0.25) is 0 Å². The van der Waals surface area contributed by atoms with Gasteiger partial charge in [0.25, 0.3) is 0 Å². The molecule has 3 atom stereocenters. The van der Waals surface area contributed by atoms with Crippen LogP contribution in [0.3, 0.4) is 0 Å². The van der Waals surface area contributed by atoms with Gasteiger partial charge in [-0.05, 0) is 65.5 Å². The fraction of sp³-hybridized carbons (Fsp3) is 1.00. The van der Waals surface area contributed by atoms with Gasteiger partial charge in [-0.15, -0.1) is 0 Å². The Morgan fingerprint density at radius 1 is 0.950 bits per heavy atom. The zero-order chi connectivity index (χ0) is 14.2. The van der Waals surface area contributed by atoms with Crippen LogP contribution in [0.25, 0.3) is 0 Å². The number of nitrogens with zero attached hydrogens (tertiary/aromatic N) is 2. The summed E-state index contributed by atoms with van der Waals surface area (Å²) in [6.07, 6.45) is 7.18. The van der Waals surface area contributed by atoms with E-state index in [1.807, 2.05) is 0 Å². The number of rotatable bonds is 3. The van der Waals surface area contributed by atoms with E-state index < -0.39 is 0 Å². The summed E-state index contributed by atoms with van der Waals surface area (Å²) >= 11 is 0. The molecule has 0 spiro atoms. The quantitative estimate of drug-likeness (QED) is 0.855. The summed E-state index contributed by atoms with van der Waals surface area (Å²) in [7, 11) is 0. The molecule has 0 amide bonds. The molecule has 3 unspecified atom stereocenters. The second kappa shape index (κ2) is 5.94. The van der Waals surface area contributed by atoms with Crippen molar-refractivity contribution in [2.75, 3.05) is 32.7 Å². The van der Waals surface area contributed by atoms with E-state index in [0.717, 1.165) is 18.0 Å². The van der Waals surface area contributed by atoms with Crippen molar-refractivity contribution in [2.24, 2.45) is 5.92 Å². The molecule has 2 heterocycles. The first kappa shape index (κ1) is 14.8. The van der Waals surface area contributed by atoms with Crippen molar-refractivity contribution in [1.29, 1.82) is 0 Å². The first-order valence-corrected chi connectivity index (χ1v) is 8.76. The molecule has 3 aliphatic rings. The van der Waals surface area contributed by atoms with Crippen LogP contribution in [0.5, 0.6) is 0 Å². The Bertz CT molecular complexity index is 323. The van der Waals surface area contributed by atoms with Crippen LogP contribution in [0.1, 0.15) is 52.9 Å². The maximum Gasteiger partial charge on any atom is 0.0223 e. The number of piperidine rings is 1. The average molecular weight is 279 g/mol. The maximum absolute atomic E-state index is 3.71. The summed E-state index contributed by atoms with van der Waals surface area (Å²) in [6.45, 7) is 13.4. The van der Waals surface area contributed by atoms with Gasteiger partial charge in [-0.25, -0.2) is 0 Å². The molecule has 1 aliphatic carbocycles. The Morgan fingerprint density at radius 3 is 2.45 bits per heavy atom. The molecule has 0 aromatic carbocycles. The first-order chi connectivity index (χ1) is 9.53. The van der Waals surface area contributed by atoms with Crippen molar-refractivity contribution in [3.05, 3.63) is 0 Å². The summed E-state index contributed by atoms with van der Waals surface area (Å²) in [5.41, 5.74) is 0.266. The lowest BCUT2D eigenvalue weighted by Crippen LogP contribution is -2.61. The van der Waals surface area contributed by atoms with Gasteiger partial charge in [0.05, 0.1) is 0 Å². The third kappa shape index (κ3) is 3.37. The number of piperazine rings is 1. The van der Waals surface area contributed by atoms with E-state index in [9.17, 15) is 0 Å². The number of fused-ring (bicyclic) bond motifs is 1. The molecule has 3 fully saturated rings. The van der Waals surface area contributed by atoms with Crippen molar-refractivity contribution in [1.82, 2.24) is 15.1 Å². The molecular weight excluding hydrogens is 246 g/mol. The van der Waals surface area contributed by atoms with Crippen LogP contribution in [0.15, 0.2) is 0 Å². The van der Waals surface area contributed by atoms with E-state index in [1.54, 1.807) is 0 Å². The molecule has 3 rings (SSSR count). The van der Waals surface area contributed by atoms with E-state index in [0.29, 0.717) is 0 Å². The predicted molar refractivity (Wildman–Crippen MR) is 85.1 cm³/mol. The van der Waals surface area contributed by atoms with Gasteiger partial charge >= 0.3 is 0 Å². The minimum Gasteiger partial charge on any atom is -0.312 e. The average Bonchev–Trinajstić information content (AvgIpc) is 2.36. The van der Waals surface area contributed by atoms with Crippen molar-refractivity contribution in [3.63, 3.8) is 0 Å². The van der Waals surface area contributed by atoms with Gasteiger partial charge in [0.15, 0.2) is 0 Å². The second-order valence-corrected chi connectivity index (χ2v) is 8.22. The van der Waals surface area contributed by atoms with Crippen molar-refractivity contribution in [3.8, 4) is 0 Å². The zero-order valence-electron chi connectivity index (χ0n) is 13.7. The van der Waals surface area contributed by atoms with Crippen LogP contribution >= 0.6 is 0 Å². The lowest BCUT2D eigenvalue weighted by molar-refractivity contribution is -0.0186. The van der Waals surface area contributed by atoms with E-state index in [2.05, 4.69) is 35.9 Å². The lowest BCUT2D eigenvalue weighted by atomic mass is 9.77. The summed E-state index contributed by atoms with van der Waals surface area (Å²) in [6, 6.07) is 1.74. The molecule has 2 saturated heterocycles. The standard InChI is InChI=1S/C17H33N3/c1-17(2,3)18-12-14-7-8-16(14)20-11-10-19-9-5-4-6-15(19)13-20/h14-16,18H,4-13H2,1-3H3. The normalized spacial score (nSPS) is 36.5. The number of nitrogens with one attached hydrogen (secondary N) is 1. The number of hydrogen-bond donors (Lipinski definition) is 1. The number of hydrogen-bond acceptors (Lipinski definition) is 3. The monoisotopic (exact) mass is 279 g/mol. The third-order valence-electron chi connectivity index (χ3n) is 5.61. The highest BCUT2D eigenvalue weighted by atomic mass is 15.3. The van der Waals surface area contributed by atoms with Gasteiger partial charge in [-0.2, -0.15) is 0 Å². The molecule has 0 radical (unpaired) electrons. The van der Waals surface area contributed by atoms with Gasteiger partial charge < -0.3 is 5.32 Å². The Balaban J connectivity index is 1.49. The summed E-state index contributed by atoms with van der Waals surface area (Å²) in [5, 5.41) is 3.71. The fourth-order valence-corrected chi connectivity index (χ4v) is 4.19. The SMILES string of the molecule is CC(C)(C)NCC1CCC1N1CCN2CCCCC2C1. The third-order valence-corrected chi connectivity index (χ3v) is 5.61. The minimum atomic E-state index is 0.266. The van der Waals surface area contributed by atoms with E-state index >= 15 is 0 Å². The zero-order valence-corrected chi connectivity index (χ0v) is 13.7. The highest BCUT2D eigenvalue weighted by Gasteiger charge is 2.39. The molecule has 3 heteroatoms.